The highest BCUT2D eigenvalue weighted by molar-refractivity contribution is 6.20. The Morgan fingerprint density at radius 1 is 1.16 bits per heavy atom. The van der Waals surface area contributed by atoms with Crippen molar-refractivity contribution in [3.63, 3.8) is 0 Å². The van der Waals surface area contributed by atoms with Crippen LogP contribution in [0.25, 0.3) is 0 Å². The number of carbonyl (C=O) groups is 2. The van der Waals surface area contributed by atoms with Crippen LogP contribution in [0.1, 0.15) is 6.92 Å². The van der Waals surface area contributed by atoms with E-state index in [9.17, 15) is 9.59 Å². The predicted octanol–water partition coefficient (Wildman–Crippen LogP) is 1.36. The lowest BCUT2D eigenvalue weighted by atomic mass is 10.0. The number of ether oxygens (including phenoxy) is 1. The first-order valence-corrected chi connectivity index (χ1v) is 5.70. The van der Waals surface area contributed by atoms with E-state index in [1.54, 1.807) is 38.3 Å². The summed E-state index contributed by atoms with van der Waals surface area (Å²) in [6.45, 7) is 1.60. The van der Waals surface area contributed by atoms with E-state index in [0.29, 0.717) is 17.0 Å². The summed E-state index contributed by atoms with van der Waals surface area (Å²) in [4.78, 5) is 23.5. The van der Waals surface area contributed by atoms with E-state index >= 15 is 0 Å². The number of nitrogens with two attached hydrogens (primary N) is 1. The van der Waals surface area contributed by atoms with Gasteiger partial charge in [0.2, 0.25) is 5.78 Å². The van der Waals surface area contributed by atoms with Gasteiger partial charge < -0.3 is 4.74 Å². The number of ketones is 2. The van der Waals surface area contributed by atoms with Crippen molar-refractivity contribution in [3.8, 4) is 5.75 Å². The molecule has 0 spiro atoms. The molecule has 1 aliphatic carbocycles. The first-order valence-electron chi connectivity index (χ1n) is 5.70. The number of rotatable bonds is 3. The van der Waals surface area contributed by atoms with Crippen molar-refractivity contribution >= 4 is 17.3 Å². The van der Waals surface area contributed by atoms with Gasteiger partial charge in [0.05, 0.1) is 12.8 Å². The Labute approximate surface area is 110 Å². The van der Waals surface area contributed by atoms with Gasteiger partial charge in [0.25, 0.3) is 0 Å². The molecule has 0 aromatic heterocycles. The smallest absolute Gasteiger partial charge is 0.204 e. The van der Waals surface area contributed by atoms with Crippen molar-refractivity contribution < 1.29 is 14.3 Å². The van der Waals surface area contributed by atoms with Crippen molar-refractivity contribution in [3.05, 3.63) is 47.7 Å². The van der Waals surface area contributed by atoms with Crippen LogP contribution in [0.5, 0.6) is 5.75 Å². The second kappa shape index (κ2) is 5.07. The Hall–Kier alpha value is -2.40. The minimum absolute atomic E-state index is 0.142. The lowest BCUT2D eigenvalue weighted by molar-refractivity contribution is -0.115. The Morgan fingerprint density at radius 2 is 1.89 bits per heavy atom. The quantitative estimate of drug-likeness (QED) is 0.503. The number of hydrogen-bond donors (Lipinski definition) is 1. The molecule has 0 amide bonds. The zero-order chi connectivity index (χ0) is 14.0. The molecule has 0 saturated heterocycles. The second-order valence-electron chi connectivity index (χ2n) is 4.16. The van der Waals surface area contributed by atoms with Gasteiger partial charge in [-0.15, -0.1) is 0 Å². The van der Waals surface area contributed by atoms with Gasteiger partial charge in [-0.3, -0.25) is 14.6 Å². The molecule has 0 atom stereocenters. The lowest BCUT2D eigenvalue weighted by Gasteiger charge is -2.22. The monoisotopic (exact) mass is 258 g/mol. The van der Waals surface area contributed by atoms with Crippen LogP contribution in [-0.2, 0) is 9.59 Å². The minimum Gasteiger partial charge on any atom is -0.497 e. The number of hydrazine groups is 1. The fourth-order valence-corrected chi connectivity index (χ4v) is 1.74. The maximum Gasteiger partial charge on any atom is 0.204 e. The van der Waals surface area contributed by atoms with E-state index in [1.165, 1.54) is 17.2 Å². The van der Waals surface area contributed by atoms with Gasteiger partial charge in [-0.1, -0.05) is 6.07 Å². The molecule has 0 heterocycles. The molecule has 98 valence electrons. The van der Waals surface area contributed by atoms with E-state index in [-0.39, 0.29) is 17.3 Å². The summed E-state index contributed by atoms with van der Waals surface area (Å²) in [5.41, 5.74) is 1.12. The van der Waals surface area contributed by atoms with E-state index in [2.05, 4.69) is 0 Å². The molecule has 19 heavy (non-hydrogen) atoms. The average molecular weight is 258 g/mol. The van der Waals surface area contributed by atoms with Crippen molar-refractivity contribution in [2.45, 2.75) is 6.92 Å². The number of methoxy groups -OCH3 is 1. The number of hydrogen-bond acceptors (Lipinski definition) is 5. The standard InChI is InChI=1S/C14H14N2O3/c1-9-6-14(18)12(8-13(9)17)16(15)10-4-3-5-11(7-10)19-2/h3-8H,15H2,1-2H3. The predicted molar refractivity (Wildman–Crippen MR) is 71.5 cm³/mol. The SMILES string of the molecule is COc1cccc(N(N)C2=CC(=O)C(C)=CC2=O)c1. The Kier molecular flexibility index (Phi) is 3.48. The summed E-state index contributed by atoms with van der Waals surface area (Å²) in [5, 5.41) is 1.19. The summed E-state index contributed by atoms with van der Waals surface area (Å²) in [5.74, 6) is 6.01. The zero-order valence-electron chi connectivity index (χ0n) is 10.7. The van der Waals surface area contributed by atoms with Crippen LogP contribution in [0.3, 0.4) is 0 Å². The third kappa shape index (κ3) is 2.56. The number of allylic oxidation sites excluding steroid dienone is 3. The third-order valence-electron chi connectivity index (χ3n) is 2.85. The van der Waals surface area contributed by atoms with Crippen LogP contribution < -0.4 is 15.6 Å². The van der Waals surface area contributed by atoms with Gasteiger partial charge in [-0.25, -0.2) is 5.84 Å². The first-order chi connectivity index (χ1) is 9.02. The van der Waals surface area contributed by atoms with Crippen molar-refractivity contribution in [2.24, 2.45) is 5.84 Å². The largest absolute Gasteiger partial charge is 0.497 e. The molecule has 0 aliphatic heterocycles. The highest BCUT2D eigenvalue weighted by atomic mass is 16.5. The highest BCUT2D eigenvalue weighted by Gasteiger charge is 2.22. The fraction of sp³-hybridized carbons (Fsp3) is 0.143. The van der Waals surface area contributed by atoms with Crippen LogP contribution in [-0.4, -0.2) is 18.7 Å². The molecule has 0 unspecified atom stereocenters. The summed E-state index contributed by atoms with van der Waals surface area (Å²) < 4.78 is 5.09. The van der Waals surface area contributed by atoms with E-state index < -0.39 is 0 Å². The highest BCUT2D eigenvalue weighted by Crippen LogP contribution is 2.23. The normalized spacial score (nSPS) is 14.9. The van der Waals surface area contributed by atoms with E-state index in [1.807, 2.05) is 0 Å². The molecule has 1 aromatic carbocycles. The van der Waals surface area contributed by atoms with E-state index in [0.717, 1.165) is 0 Å². The number of anilines is 1. The molecule has 2 rings (SSSR count). The lowest BCUT2D eigenvalue weighted by Crippen LogP contribution is -2.35. The van der Waals surface area contributed by atoms with Gasteiger partial charge in [-0.2, -0.15) is 0 Å². The molecule has 0 bridgehead atoms. The molecule has 5 heteroatoms. The summed E-state index contributed by atoms with van der Waals surface area (Å²) in [7, 11) is 1.54. The number of carbonyl (C=O) groups excluding carboxylic acids is 2. The average Bonchev–Trinajstić information content (AvgIpc) is 2.42. The van der Waals surface area contributed by atoms with Gasteiger partial charge in [-0.05, 0) is 25.1 Å². The van der Waals surface area contributed by atoms with Crippen LogP contribution in [0.4, 0.5) is 5.69 Å². The van der Waals surface area contributed by atoms with Crippen molar-refractivity contribution in [2.75, 3.05) is 12.1 Å². The molecule has 0 fully saturated rings. The van der Waals surface area contributed by atoms with Crippen LogP contribution >= 0.6 is 0 Å². The van der Waals surface area contributed by atoms with Gasteiger partial charge >= 0.3 is 0 Å². The Bertz CT molecular complexity index is 602. The van der Waals surface area contributed by atoms with Crippen molar-refractivity contribution in [1.82, 2.24) is 0 Å². The second-order valence-corrected chi connectivity index (χ2v) is 4.16. The third-order valence-corrected chi connectivity index (χ3v) is 2.85. The minimum atomic E-state index is -0.289. The van der Waals surface area contributed by atoms with Gasteiger partial charge in [0.1, 0.15) is 11.4 Å². The van der Waals surface area contributed by atoms with Crippen LogP contribution in [0, 0.1) is 0 Å². The molecule has 5 nitrogen and oxygen atoms in total. The summed E-state index contributed by atoms with van der Waals surface area (Å²) >= 11 is 0. The van der Waals surface area contributed by atoms with Gasteiger partial charge in [0, 0.05) is 17.7 Å². The number of nitrogens with zero attached hydrogens (tertiary/aromatic N) is 1. The number of benzene rings is 1. The van der Waals surface area contributed by atoms with E-state index in [4.69, 9.17) is 10.6 Å². The molecular weight excluding hydrogens is 244 g/mol. The van der Waals surface area contributed by atoms with Crippen molar-refractivity contribution in [1.29, 1.82) is 0 Å². The molecular formula is C14H14N2O3. The maximum absolute atomic E-state index is 11.9. The Morgan fingerprint density at radius 3 is 2.58 bits per heavy atom. The summed E-state index contributed by atoms with van der Waals surface area (Å²) in [6, 6.07) is 6.94. The molecule has 0 radical (unpaired) electrons. The summed E-state index contributed by atoms with van der Waals surface area (Å²) in [6.07, 6.45) is 2.54. The Balaban J connectivity index is 2.34. The fourth-order valence-electron chi connectivity index (χ4n) is 1.74. The first kappa shape index (κ1) is 13.0. The molecule has 1 aliphatic rings. The van der Waals surface area contributed by atoms with Gasteiger partial charge in [0.15, 0.2) is 5.78 Å². The molecule has 1 aromatic rings. The zero-order valence-corrected chi connectivity index (χ0v) is 10.7. The van der Waals surface area contributed by atoms with Crippen LogP contribution in [0.2, 0.25) is 0 Å². The molecule has 0 saturated carbocycles. The van der Waals surface area contributed by atoms with Crippen LogP contribution in [0.15, 0.2) is 47.7 Å². The molecule has 2 N–H and O–H groups in total. The maximum atomic E-state index is 11.9. The topological polar surface area (TPSA) is 72.6 Å².